The molecule has 2 aromatic rings. The Kier molecular flexibility index (Phi) is 3.89. The first-order valence-corrected chi connectivity index (χ1v) is 6.31. The third-order valence-electron chi connectivity index (χ3n) is 2.29. The minimum atomic E-state index is 0.0308. The molecule has 0 aliphatic rings. The lowest BCUT2D eigenvalue weighted by Crippen LogP contribution is -2.10. The second kappa shape index (κ2) is 5.42. The summed E-state index contributed by atoms with van der Waals surface area (Å²) in [7, 11) is 0. The van der Waals surface area contributed by atoms with Crippen LogP contribution in [-0.2, 0) is 0 Å². The predicted molar refractivity (Wildman–Crippen MR) is 76.7 cm³/mol. The van der Waals surface area contributed by atoms with Crippen molar-refractivity contribution in [3.63, 3.8) is 0 Å². The lowest BCUT2D eigenvalue weighted by molar-refractivity contribution is 0.483. The van der Waals surface area contributed by atoms with Gasteiger partial charge < -0.3 is 10.5 Å². The van der Waals surface area contributed by atoms with Crippen molar-refractivity contribution in [3.05, 3.63) is 57.5 Å². The Balaban J connectivity index is 2.21. The second-order valence-corrected chi connectivity index (χ2v) is 4.94. The Morgan fingerprint density at radius 2 is 1.83 bits per heavy atom. The van der Waals surface area contributed by atoms with Gasteiger partial charge in [-0.15, -0.1) is 0 Å². The Morgan fingerprint density at radius 3 is 2.39 bits per heavy atom. The van der Waals surface area contributed by atoms with Crippen molar-refractivity contribution in [2.24, 2.45) is 5.73 Å². The predicted octanol–water partition coefficient (Wildman–Crippen LogP) is 4.18. The average molecular weight is 326 g/mol. The highest BCUT2D eigenvalue weighted by atomic mass is 79.9. The highest BCUT2D eigenvalue weighted by molar-refractivity contribution is 9.10. The maximum Gasteiger partial charge on any atom is 0.146 e. The molecule has 0 unspecified atom stereocenters. The van der Waals surface area contributed by atoms with Gasteiger partial charge in [0.1, 0.15) is 17.3 Å². The first-order valence-electron chi connectivity index (χ1n) is 5.13. The molecule has 0 heterocycles. The molecule has 2 rings (SSSR count). The van der Waals surface area contributed by atoms with Crippen molar-refractivity contribution in [2.75, 3.05) is 0 Å². The third kappa shape index (κ3) is 3.03. The van der Waals surface area contributed by atoms with Crippen LogP contribution >= 0.6 is 27.5 Å². The van der Waals surface area contributed by atoms with Crippen LogP contribution < -0.4 is 10.5 Å². The molecule has 18 heavy (non-hydrogen) atoms. The van der Waals surface area contributed by atoms with Crippen LogP contribution in [0.15, 0.2) is 46.9 Å². The van der Waals surface area contributed by atoms with E-state index in [1.807, 2.05) is 6.07 Å². The van der Waals surface area contributed by atoms with E-state index in [-0.39, 0.29) is 5.84 Å². The summed E-state index contributed by atoms with van der Waals surface area (Å²) in [5.74, 6) is 1.25. The van der Waals surface area contributed by atoms with Crippen molar-refractivity contribution in [2.45, 2.75) is 0 Å². The first-order chi connectivity index (χ1) is 8.56. The molecule has 0 amide bonds. The van der Waals surface area contributed by atoms with Crippen LogP contribution in [0, 0.1) is 5.41 Å². The van der Waals surface area contributed by atoms with Crippen molar-refractivity contribution < 1.29 is 4.74 Å². The zero-order chi connectivity index (χ0) is 13.1. The van der Waals surface area contributed by atoms with E-state index in [0.29, 0.717) is 22.1 Å². The molecule has 92 valence electrons. The van der Waals surface area contributed by atoms with Crippen LogP contribution in [-0.4, -0.2) is 5.84 Å². The summed E-state index contributed by atoms with van der Waals surface area (Å²) in [5.41, 5.74) is 6.03. The van der Waals surface area contributed by atoms with Crippen LogP contribution in [0.4, 0.5) is 0 Å². The SMILES string of the molecule is N=C(N)c1ccc(Oc2ccc(Br)cc2Cl)cc1. The molecule has 0 spiro atoms. The van der Waals surface area contributed by atoms with E-state index in [0.717, 1.165) is 4.47 Å². The van der Waals surface area contributed by atoms with Crippen molar-refractivity contribution in [3.8, 4) is 11.5 Å². The fourth-order valence-corrected chi connectivity index (χ4v) is 2.10. The standard InChI is InChI=1S/C13H10BrClN2O/c14-9-3-6-12(11(15)7-9)18-10-4-1-8(2-5-10)13(16)17/h1-7H,(H3,16,17). The molecule has 5 heteroatoms. The van der Waals surface area contributed by atoms with E-state index >= 15 is 0 Å². The van der Waals surface area contributed by atoms with Crippen LogP contribution in [0.3, 0.4) is 0 Å². The fourth-order valence-electron chi connectivity index (χ4n) is 1.39. The molecular weight excluding hydrogens is 316 g/mol. The lowest BCUT2D eigenvalue weighted by atomic mass is 10.2. The van der Waals surface area contributed by atoms with Gasteiger partial charge in [0.05, 0.1) is 5.02 Å². The highest BCUT2D eigenvalue weighted by Gasteiger charge is 2.04. The molecule has 0 bridgehead atoms. The molecule has 0 saturated heterocycles. The number of halogens is 2. The van der Waals surface area contributed by atoms with E-state index in [1.165, 1.54) is 0 Å². The van der Waals surface area contributed by atoms with Crippen LogP contribution in [0.2, 0.25) is 5.02 Å². The Bertz CT molecular complexity index is 584. The van der Waals surface area contributed by atoms with Crippen molar-refractivity contribution in [1.29, 1.82) is 5.41 Å². The van der Waals surface area contributed by atoms with Gasteiger partial charge in [0.2, 0.25) is 0 Å². The zero-order valence-electron chi connectivity index (χ0n) is 9.28. The lowest BCUT2D eigenvalue weighted by Gasteiger charge is -2.08. The number of hydrogen-bond donors (Lipinski definition) is 2. The molecule has 3 N–H and O–H groups in total. The number of benzene rings is 2. The number of rotatable bonds is 3. The van der Waals surface area contributed by atoms with Gasteiger partial charge >= 0.3 is 0 Å². The Morgan fingerprint density at radius 1 is 1.17 bits per heavy atom. The summed E-state index contributed by atoms with van der Waals surface area (Å²) >= 11 is 9.38. The third-order valence-corrected chi connectivity index (χ3v) is 3.08. The molecule has 2 aromatic carbocycles. The van der Waals surface area contributed by atoms with Gasteiger partial charge in [-0.25, -0.2) is 0 Å². The summed E-state index contributed by atoms with van der Waals surface area (Å²) in [6, 6.07) is 12.3. The Labute approximate surface area is 118 Å². The van der Waals surface area contributed by atoms with Crippen LogP contribution in [0.5, 0.6) is 11.5 Å². The number of hydrogen-bond acceptors (Lipinski definition) is 2. The van der Waals surface area contributed by atoms with Crippen LogP contribution in [0.1, 0.15) is 5.56 Å². The Hall–Kier alpha value is -1.52. The second-order valence-electron chi connectivity index (χ2n) is 3.61. The van der Waals surface area contributed by atoms with Crippen LogP contribution in [0.25, 0.3) is 0 Å². The highest BCUT2D eigenvalue weighted by Crippen LogP contribution is 2.31. The van der Waals surface area contributed by atoms with Crippen molar-refractivity contribution in [1.82, 2.24) is 0 Å². The van der Waals surface area contributed by atoms with Gasteiger partial charge in [-0.2, -0.15) is 0 Å². The molecular formula is C13H10BrClN2O. The number of nitrogens with two attached hydrogens (primary N) is 1. The van der Waals surface area contributed by atoms with Gasteiger partial charge in [-0.1, -0.05) is 27.5 Å². The summed E-state index contributed by atoms with van der Waals surface area (Å²) in [6.07, 6.45) is 0. The number of amidine groups is 1. The summed E-state index contributed by atoms with van der Waals surface area (Å²) in [5, 5.41) is 7.82. The van der Waals surface area contributed by atoms with Gasteiger partial charge in [-0.05, 0) is 42.5 Å². The molecule has 0 aromatic heterocycles. The van der Waals surface area contributed by atoms with Gasteiger partial charge in [0.15, 0.2) is 0 Å². The number of nitrogens with one attached hydrogen (secondary N) is 1. The van der Waals surface area contributed by atoms with Gasteiger partial charge in [0.25, 0.3) is 0 Å². The largest absolute Gasteiger partial charge is 0.456 e. The molecule has 0 aliphatic carbocycles. The van der Waals surface area contributed by atoms with E-state index in [1.54, 1.807) is 36.4 Å². The minimum absolute atomic E-state index is 0.0308. The van der Waals surface area contributed by atoms with Crippen molar-refractivity contribution >= 4 is 33.4 Å². The summed E-state index contributed by atoms with van der Waals surface area (Å²) in [4.78, 5) is 0. The summed E-state index contributed by atoms with van der Waals surface area (Å²) < 4.78 is 6.53. The quantitative estimate of drug-likeness (QED) is 0.657. The molecule has 0 saturated carbocycles. The first kappa shape index (κ1) is 12.9. The fraction of sp³-hybridized carbons (Fsp3) is 0. The molecule has 3 nitrogen and oxygen atoms in total. The molecule has 0 atom stereocenters. The summed E-state index contributed by atoms with van der Waals surface area (Å²) in [6.45, 7) is 0. The van der Waals surface area contributed by atoms with E-state index in [2.05, 4.69) is 15.9 Å². The average Bonchev–Trinajstić information content (AvgIpc) is 2.33. The van der Waals surface area contributed by atoms with E-state index in [9.17, 15) is 0 Å². The van der Waals surface area contributed by atoms with E-state index < -0.39 is 0 Å². The monoisotopic (exact) mass is 324 g/mol. The maximum atomic E-state index is 7.30. The van der Waals surface area contributed by atoms with E-state index in [4.69, 9.17) is 27.5 Å². The normalized spacial score (nSPS) is 10.1. The molecule has 0 fully saturated rings. The number of nitrogen functional groups attached to an aromatic ring is 1. The topological polar surface area (TPSA) is 59.1 Å². The van der Waals surface area contributed by atoms with Gasteiger partial charge in [-0.3, -0.25) is 5.41 Å². The molecule has 0 aliphatic heterocycles. The zero-order valence-corrected chi connectivity index (χ0v) is 11.6. The van der Waals surface area contributed by atoms with Gasteiger partial charge in [0, 0.05) is 10.0 Å². The maximum absolute atomic E-state index is 7.30. The number of ether oxygens (including phenoxy) is 1. The smallest absolute Gasteiger partial charge is 0.146 e. The minimum Gasteiger partial charge on any atom is -0.456 e. The molecule has 0 radical (unpaired) electrons.